The average Bonchev–Trinajstić information content (AvgIpc) is 2.44. The lowest BCUT2D eigenvalue weighted by Gasteiger charge is -2.21. The number of hydrogen-bond acceptors (Lipinski definition) is 2. The molecule has 20 heavy (non-hydrogen) atoms. The fraction of sp³-hybridized carbons (Fsp3) is 0.333. The summed E-state index contributed by atoms with van der Waals surface area (Å²) >= 11 is 0. The highest BCUT2D eigenvalue weighted by molar-refractivity contribution is 5.84. The summed E-state index contributed by atoms with van der Waals surface area (Å²) in [5.74, 6) is 0. The molecule has 0 aliphatic heterocycles. The predicted molar refractivity (Wildman–Crippen MR) is 91.9 cm³/mol. The largest absolute Gasteiger partial charge is 0.387 e. The molecule has 0 fully saturated rings. The average molecular weight is 270 g/mol. The number of allylic oxidation sites excluding steroid dienone is 1. The van der Waals surface area contributed by atoms with E-state index in [1.54, 1.807) is 0 Å². The van der Waals surface area contributed by atoms with Crippen molar-refractivity contribution in [3.8, 4) is 0 Å². The summed E-state index contributed by atoms with van der Waals surface area (Å²) in [5, 5.41) is 3.30. The lowest BCUT2D eigenvalue weighted by molar-refractivity contribution is 0.796. The van der Waals surface area contributed by atoms with Crippen molar-refractivity contribution in [1.29, 1.82) is 0 Å². The minimum absolute atomic E-state index is 0.0160. The Hall–Kier alpha value is -1.80. The Morgan fingerprint density at radius 1 is 1.45 bits per heavy atom. The van der Waals surface area contributed by atoms with E-state index in [0.29, 0.717) is 0 Å². The first kappa shape index (κ1) is 16.3. The van der Waals surface area contributed by atoms with Crippen LogP contribution in [0.4, 0.5) is 5.69 Å². The molecule has 1 aromatic carbocycles. The van der Waals surface area contributed by atoms with Crippen LogP contribution in [0.5, 0.6) is 0 Å². The van der Waals surface area contributed by atoms with E-state index in [1.807, 2.05) is 20.0 Å². The first-order valence-electron chi connectivity index (χ1n) is 6.96. The third-order valence-electron chi connectivity index (χ3n) is 3.66. The van der Waals surface area contributed by atoms with Crippen molar-refractivity contribution >= 4 is 17.3 Å². The van der Waals surface area contributed by atoms with Gasteiger partial charge in [-0.05, 0) is 43.9 Å². The van der Waals surface area contributed by atoms with Gasteiger partial charge in [0, 0.05) is 24.3 Å². The van der Waals surface area contributed by atoms with Crippen LogP contribution in [0.25, 0.3) is 11.6 Å². The zero-order chi connectivity index (χ0) is 15.3. The molecular formula is C18H26N2. The van der Waals surface area contributed by atoms with Crippen LogP contribution in [0.3, 0.4) is 0 Å². The molecule has 0 radical (unpaired) electrons. The number of benzene rings is 1. The Morgan fingerprint density at radius 2 is 2.10 bits per heavy atom. The predicted octanol–water partition coefficient (Wildman–Crippen LogP) is 4.38. The van der Waals surface area contributed by atoms with Gasteiger partial charge < -0.3 is 11.1 Å². The second-order valence-electron chi connectivity index (χ2n) is 5.15. The Morgan fingerprint density at radius 3 is 2.55 bits per heavy atom. The first-order valence-corrected chi connectivity index (χ1v) is 6.96. The van der Waals surface area contributed by atoms with Crippen molar-refractivity contribution in [2.75, 3.05) is 12.4 Å². The standard InChI is InChI=1S/C18H26N2/c1-7-14-10-9-13(5)17(18(14)20-6)15(8-2)11-16(19)12(3)4/h7-10,16,20H,1,3,11,19H2,2,4-6H3/b15-8-. The van der Waals surface area contributed by atoms with E-state index in [1.165, 1.54) is 16.7 Å². The van der Waals surface area contributed by atoms with E-state index >= 15 is 0 Å². The lowest BCUT2D eigenvalue weighted by Crippen LogP contribution is -2.21. The highest BCUT2D eigenvalue weighted by Gasteiger charge is 2.15. The molecule has 0 heterocycles. The first-order chi connectivity index (χ1) is 9.46. The van der Waals surface area contributed by atoms with Gasteiger partial charge in [0.25, 0.3) is 0 Å². The van der Waals surface area contributed by atoms with E-state index < -0.39 is 0 Å². The van der Waals surface area contributed by atoms with Crippen molar-refractivity contribution in [2.24, 2.45) is 5.73 Å². The molecule has 0 amide bonds. The summed E-state index contributed by atoms with van der Waals surface area (Å²) in [6.07, 6.45) is 4.81. The Kier molecular flexibility index (Phi) is 5.78. The van der Waals surface area contributed by atoms with E-state index in [4.69, 9.17) is 5.73 Å². The SMILES string of the molecule is C=Cc1ccc(C)c(/C(=C\C)CC(N)C(=C)C)c1NC. The van der Waals surface area contributed by atoms with Crippen LogP contribution in [-0.2, 0) is 0 Å². The second kappa shape index (κ2) is 7.11. The van der Waals surface area contributed by atoms with Crippen LogP contribution in [0, 0.1) is 6.92 Å². The van der Waals surface area contributed by atoms with Gasteiger partial charge in [-0.3, -0.25) is 0 Å². The van der Waals surface area contributed by atoms with Crippen LogP contribution in [0.1, 0.15) is 37.0 Å². The molecule has 0 spiro atoms. The Bertz CT molecular complexity index is 539. The molecule has 1 rings (SSSR count). The smallest absolute Gasteiger partial charge is 0.0489 e. The van der Waals surface area contributed by atoms with Crippen molar-refractivity contribution in [2.45, 2.75) is 33.2 Å². The van der Waals surface area contributed by atoms with Crippen molar-refractivity contribution in [3.63, 3.8) is 0 Å². The highest BCUT2D eigenvalue weighted by atomic mass is 14.8. The molecule has 0 aromatic heterocycles. The van der Waals surface area contributed by atoms with Gasteiger partial charge in [-0.15, -0.1) is 0 Å². The molecule has 3 N–H and O–H groups in total. The quantitative estimate of drug-likeness (QED) is 0.753. The van der Waals surface area contributed by atoms with Crippen LogP contribution in [0.2, 0.25) is 0 Å². The summed E-state index contributed by atoms with van der Waals surface area (Å²) in [6, 6.07) is 4.20. The van der Waals surface area contributed by atoms with Gasteiger partial charge in [0.2, 0.25) is 0 Å². The van der Waals surface area contributed by atoms with Crippen molar-refractivity contribution in [3.05, 3.63) is 53.6 Å². The van der Waals surface area contributed by atoms with Gasteiger partial charge in [0.1, 0.15) is 0 Å². The van der Waals surface area contributed by atoms with Gasteiger partial charge >= 0.3 is 0 Å². The van der Waals surface area contributed by atoms with Crippen molar-refractivity contribution < 1.29 is 0 Å². The van der Waals surface area contributed by atoms with E-state index in [0.717, 1.165) is 23.2 Å². The van der Waals surface area contributed by atoms with Crippen LogP contribution in [-0.4, -0.2) is 13.1 Å². The topological polar surface area (TPSA) is 38.0 Å². The van der Waals surface area contributed by atoms with Gasteiger partial charge in [-0.25, -0.2) is 0 Å². The van der Waals surface area contributed by atoms with Crippen LogP contribution in [0.15, 0.2) is 36.9 Å². The lowest BCUT2D eigenvalue weighted by atomic mass is 9.90. The molecule has 1 aromatic rings. The Balaban J connectivity index is 3.35. The number of rotatable bonds is 6. The molecule has 0 saturated heterocycles. The summed E-state index contributed by atoms with van der Waals surface area (Å²) in [4.78, 5) is 0. The molecule has 108 valence electrons. The number of aryl methyl sites for hydroxylation is 1. The van der Waals surface area contributed by atoms with E-state index in [-0.39, 0.29) is 6.04 Å². The zero-order valence-corrected chi connectivity index (χ0v) is 13.1. The number of nitrogens with two attached hydrogens (primary N) is 1. The zero-order valence-electron chi connectivity index (χ0n) is 13.1. The van der Waals surface area contributed by atoms with Gasteiger partial charge in [0.15, 0.2) is 0 Å². The molecule has 2 nitrogen and oxygen atoms in total. The molecule has 2 heteroatoms. The third-order valence-corrected chi connectivity index (χ3v) is 3.66. The molecule has 0 aliphatic carbocycles. The maximum atomic E-state index is 6.16. The fourth-order valence-electron chi connectivity index (χ4n) is 2.35. The summed E-state index contributed by atoms with van der Waals surface area (Å²) in [6.45, 7) is 14.0. The van der Waals surface area contributed by atoms with Crippen molar-refractivity contribution in [1.82, 2.24) is 0 Å². The minimum atomic E-state index is -0.0160. The minimum Gasteiger partial charge on any atom is -0.387 e. The van der Waals surface area contributed by atoms with Crippen LogP contribution >= 0.6 is 0 Å². The summed E-state index contributed by atoms with van der Waals surface area (Å²) in [7, 11) is 1.94. The Labute approximate surface area is 123 Å². The van der Waals surface area contributed by atoms with Gasteiger partial charge in [0.05, 0.1) is 0 Å². The number of hydrogen-bond donors (Lipinski definition) is 2. The molecule has 0 saturated carbocycles. The molecule has 0 aliphatic rings. The van der Waals surface area contributed by atoms with E-state index in [9.17, 15) is 0 Å². The van der Waals surface area contributed by atoms with E-state index in [2.05, 4.69) is 50.5 Å². The third kappa shape index (κ3) is 3.40. The maximum Gasteiger partial charge on any atom is 0.0489 e. The molecule has 0 bridgehead atoms. The summed E-state index contributed by atoms with van der Waals surface area (Å²) in [5.41, 5.74) is 13.1. The monoisotopic (exact) mass is 270 g/mol. The maximum absolute atomic E-state index is 6.16. The fourth-order valence-corrected chi connectivity index (χ4v) is 2.35. The normalized spacial score (nSPS) is 12.9. The van der Waals surface area contributed by atoms with Gasteiger partial charge in [-0.2, -0.15) is 0 Å². The number of anilines is 1. The second-order valence-corrected chi connectivity index (χ2v) is 5.15. The van der Waals surface area contributed by atoms with Crippen LogP contribution < -0.4 is 11.1 Å². The molecule has 1 atom stereocenters. The molecule has 1 unspecified atom stereocenters. The molecular weight excluding hydrogens is 244 g/mol. The van der Waals surface area contributed by atoms with Gasteiger partial charge in [-0.1, -0.05) is 43.0 Å². The highest BCUT2D eigenvalue weighted by Crippen LogP contribution is 2.34. The number of nitrogens with one attached hydrogen (secondary N) is 1. The summed E-state index contributed by atoms with van der Waals surface area (Å²) < 4.78 is 0.